The summed E-state index contributed by atoms with van der Waals surface area (Å²) in [6.07, 6.45) is 7.77. The summed E-state index contributed by atoms with van der Waals surface area (Å²) in [7, 11) is 0. The molecule has 0 N–H and O–H groups in total. The standard InChI is InChI=1S/C18H24N2/c1-14(2)10-15-7-9-20-17(11-15)18(3,4)12-16-6-5-8-19-13-16/h5-9,11,13-14H,10,12H2,1-4H3. The second-order valence-corrected chi connectivity index (χ2v) is 6.57. The molecule has 20 heavy (non-hydrogen) atoms. The molecule has 2 aromatic heterocycles. The maximum Gasteiger partial charge on any atom is 0.0465 e. The first kappa shape index (κ1) is 14.7. The fourth-order valence-corrected chi connectivity index (χ4v) is 2.55. The van der Waals surface area contributed by atoms with Crippen LogP contribution in [-0.2, 0) is 18.3 Å². The summed E-state index contributed by atoms with van der Waals surface area (Å²) < 4.78 is 0. The van der Waals surface area contributed by atoms with Crippen molar-refractivity contribution in [1.82, 2.24) is 9.97 Å². The van der Waals surface area contributed by atoms with E-state index in [2.05, 4.69) is 55.9 Å². The molecule has 0 unspecified atom stereocenters. The Hall–Kier alpha value is -1.70. The topological polar surface area (TPSA) is 25.8 Å². The quantitative estimate of drug-likeness (QED) is 0.812. The van der Waals surface area contributed by atoms with E-state index in [-0.39, 0.29) is 5.41 Å². The van der Waals surface area contributed by atoms with Gasteiger partial charge in [0.25, 0.3) is 0 Å². The van der Waals surface area contributed by atoms with Gasteiger partial charge in [0.05, 0.1) is 0 Å². The normalized spacial score (nSPS) is 11.8. The third-order valence-corrected chi connectivity index (χ3v) is 3.53. The number of pyridine rings is 2. The van der Waals surface area contributed by atoms with Gasteiger partial charge in [0.1, 0.15) is 0 Å². The van der Waals surface area contributed by atoms with Crippen molar-refractivity contribution in [1.29, 1.82) is 0 Å². The Kier molecular flexibility index (Phi) is 4.53. The molecule has 2 rings (SSSR count). The van der Waals surface area contributed by atoms with E-state index >= 15 is 0 Å². The van der Waals surface area contributed by atoms with Crippen LogP contribution in [0.2, 0.25) is 0 Å². The van der Waals surface area contributed by atoms with Crippen LogP contribution in [0.15, 0.2) is 42.9 Å². The number of aromatic nitrogens is 2. The Morgan fingerprint density at radius 3 is 2.55 bits per heavy atom. The van der Waals surface area contributed by atoms with E-state index < -0.39 is 0 Å². The van der Waals surface area contributed by atoms with E-state index in [4.69, 9.17) is 0 Å². The molecule has 0 aromatic carbocycles. The van der Waals surface area contributed by atoms with Crippen molar-refractivity contribution in [3.8, 4) is 0 Å². The second-order valence-electron chi connectivity index (χ2n) is 6.57. The Bertz CT molecular complexity index is 544. The van der Waals surface area contributed by atoms with Gasteiger partial charge in [0.2, 0.25) is 0 Å². The number of hydrogen-bond donors (Lipinski definition) is 0. The molecule has 0 radical (unpaired) electrons. The van der Waals surface area contributed by atoms with Gasteiger partial charge < -0.3 is 0 Å². The van der Waals surface area contributed by atoms with Crippen LogP contribution < -0.4 is 0 Å². The van der Waals surface area contributed by atoms with Gasteiger partial charge in [-0.1, -0.05) is 33.8 Å². The van der Waals surface area contributed by atoms with Crippen molar-refractivity contribution in [2.24, 2.45) is 5.92 Å². The van der Waals surface area contributed by atoms with Crippen LogP contribution in [0.4, 0.5) is 0 Å². The van der Waals surface area contributed by atoms with Crippen LogP contribution in [0, 0.1) is 5.92 Å². The molecule has 0 fully saturated rings. The molecule has 2 heterocycles. The summed E-state index contributed by atoms with van der Waals surface area (Å²) in [5, 5.41) is 0. The highest BCUT2D eigenvalue weighted by atomic mass is 14.7. The lowest BCUT2D eigenvalue weighted by Gasteiger charge is -2.24. The molecule has 0 aliphatic heterocycles. The molecule has 0 spiro atoms. The van der Waals surface area contributed by atoms with Gasteiger partial charge >= 0.3 is 0 Å². The van der Waals surface area contributed by atoms with Crippen molar-refractivity contribution < 1.29 is 0 Å². The van der Waals surface area contributed by atoms with Crippen molar-refractivity contribution in [2.75, 3.05) is 0 Å². The van der Waals surface area contributed by atoms with Crippen LogP contribution in [0.3, 0.4) is 0 Å². The first-order chi connectivity index (χ1) is 9.47. The summed E-state index contributed by atoms with van der Waals surface area (Å²) in [5.41, 5.74) is 3.83. The minimum Gasteiger partial charge on any atom is -0.264 e. The fraction of sp³-hybridized carbons (Fsp3) is 0.444. The van der Waals surface area contributed by atoms with Crippen LogP contribution >= 0.6 is 0 Å². The van der Waals surface area contributed by atoms with Crippen LogP contribution in [0.1, 0.15) is 44.5 Å². The van der Waals surface area contributed by atoms with Crippen LogP contribution in [-0.4, -0.2) is 9.97 Å². The Morgan fingerprint density at radius 2 is 1.90 bits per heavy atom. The molecule has 0 amide bonds. The molecule has 0 aliphatic rings. The molecule has 2 heteroatoms. The van der Waals surface area contributed by atoms with Crippen molar-refractivity contribution in [3.63, 3.8) is 0 Å². The summed E-state index contributed by atoms with van der Waals surface area (Å²) >= 11 is 0. The highest BCUT2D eigenvalue weighted by molar-refractivity contribution is 5.25. The molecule has 2 aromatic rings. The van der Waals surface area contributed by atoms with Gasteiger partial charge in [-0.25, -0.2) is 0 Å². The maximum absolute atomic E-state index is 4.59. The number of rotatable bonds is 5. The second kappa shape index (κ2) is 6.17. The van der Waals surface area contributed by atoms with Gasteiger partial charge in [-0.15, -0.1) is 0 Å². The summed E-state index contributed by atoms with van der Waals surface area (Å²) in [6.45, 7) is 9.00. The average Bonchev–Trinajstić information content (AvgIpc) is 2.39. The van der Waals surface area contributed by atoms with E-state index in [0.29, 0.717) is 5.92 Å². The monoisotopic (exact) mass is 268 g/mol. The zero-order chi connectivity index (χ0) is 14.6. The van der Waals surface area contributed by atoms with Gasteiger partial charge in [-0.05, 0) is 48.1 Å². The maximum atomic E-state index is 4.59. The molecule has 0 saturated heterocycles. The first-order valence-corrected chi connectivity index (χ1v) is 7.32. The molecular weight excluding hydrogens is 244 g/mol. The van der Waals surface area contributed by atoms with Gasteiger partial charge in [0, 0.05) is 29.7 Å². The van der Waals surface area contributed by atoms with Crippen molar-refractivity contribution >= 4 is 0 Å². The third-order valence-electron chi connectivity index (χ3n) is 3.53. The predicted octanol–water partition coefficient (Wildman–Crippen LogP) is 4.20. The lowest BCUT2D eigenvalue weighted by molar-refractivity contribution is 0.503. The number of nitrogens with zero attached hydrogens (tertiary/aromatic N) is 2. The molecule has 106 valence electrons. The lowest BCUT2D eigenvalue weighted by Crippen LogP contribution is -2.22. The highest BCUT2D eigenvalue weighted by Gasteiger charge is 2.23. The van der Waals surface area contributed by atoms with Crippen molar-refractivity contribution in [3.05, 3.63) is 59.7 Å². The smallest absolute Gasteiger partial charge is 0.0465 e. The fourth-order valence-electron chi connectivity index (χ4n) is 2.55. The van der Waals surface area contributed by atoms with E-state index in [0.717, 1.165) is 12.8 Å². The average molecular weight is 268 g/mol. The lowest BCUT2D eigenvalue weighted by atomic mass is 9.82. The largest absolute Gasteiger partial charge is 0.264 e. The minimum absolute atomic E-state index is 0.0238. The SMILES string of the molecule is CC(C)Cc1ccnc(C(C)(C)Cc2cccnc2)c1. The van der Waals surface area contributed by atoms with E-state index in [1.807, 2.05) is 24.7 Å². The molecule has 0 atom stereocenters. The van der Waals surface area contributed by atoms with Gasteiger partial charge in [0.15, 0.2) is 0 Å². The molecule has 0 bridgehead atoms. The zero-order valence-electron chi connectivity index (χ0n) is 12.9. The van der Waals surface area contributed by atoms with E-state index in [9.17, 15) is 0 Å². The Morgan fingerprint density at radius 1 is 1.10 bits per heavy atom. The summed E-state index contributed by atoms with van der Waals surface area (Å²) in [6, 6.07) is 8.51. The first-order valence-electron chi connectivity index (χ1n) is 7.32. The molecule has 0 saturated carbocycles. The Labute approximate surface area is 122 Å². The van der Waals surface area contributed by atoms with Crippen molar-refractivity contribution in [2.45, 2.75) is 46.0 Å². The summed E-state index contributed by atoms with van der Waals surface area (Å²) in [4.78, 5) is 8.79. The molecule has 0 aliphatic carbocycles. The van der Waals surface area contributed by atoms with Gasteiger partial charge in [-0.2, -0.15) is 0 Å². The summed E-state index contributed by atoms with van der Waals surface area (Å²) in [5.74, 6) is 0.673. The number of hydrogen-bond acceptors (Lipinski definition) is 2. The van der Waals surface area contributed by atoms with Gasteiger partial charge in [-0.3, -0.25) is 9.97 Å². The molecule has 2 nitrogen and oxygen atoms in total. The molecular formula is C18H24N2. The van der Waals surface area contributed by atoms with Crippen LogP contribution in [0.25, 0.3) is 0 Å². The van der Waals surface area contributed by atoms with E-state index in [1.165, 1.54) is 16.8 Å². The highest BCUT2D eigenvalue weighted by Crippen LogP contribution is 2.26. The van der Waals surface area contributed by atoms with Crippen LogP contribution in [0.5, 0.6) is 0 Å². The Balaban J connectivity index is 2.20. The zero-order valence-corrected chi connectivity index (χ0v) is 12.9. The minimum atomic E-state index is 0.0238. The van der Waals surface area contributed by atoms with E-state index in [1.54, 1.807) is 0 Å². The predicted molar refractivity (Wildman–Crippen MR) is 83.7 cm³/mol. The third kappa shape index (κ3) is 3.89.